The van der Waals surface area contributed by atoms with Crippen molar-refractivity contribution in [3.8, 4) is 5.75 Å². The molecule has 2 aromatic rings. The first-order valence-electron chi connectivity index (χ1n) is 4.48. The number of halogens is 1. The Morgan fingerprint density at radius 1 is 1.38 bits per heavy atom. The Labute approximate surface area is 98.6 Å². The summed E-state index contributed by atoms with van der Waals surface area (Å²) < 4.78 is 4.96. The molecule has 0 aliphatic rings. The summed E-state index contributed by atoms with van der Waals surface area (Å²) in [6.07, 6.45) is 0. The highest BCUT2D eigenvalue weighted by Crippen LogP contribution is 2.19. The minimum absolute atomic E-state index is 0.0185. The van der Waals surface area contributed by atoms with Crippen molar-refractivity contribution in [1.82, 2.24) is 0 Å². The number of hydrogen-bond acceptors (Lipinski definition) is 4. The largest absolute Gasteiger partial charge is 0.508 e. The minimum atomic E-state index is -0.664. The van der Waals surface area contributed by atoms with E-state index in [0.717, 1.165) is 0 Å². The number of phenolic OH excluding ortho intramolecular Hbond substituents is 1. The van der Waals surface area contributed by atoms with Gasteiger partial charge in [0.2, 0.25) is 0 Å². The van der Waals surface area contributed by atoms with Crippen molar-refractivity contribution in [3.63, 3.8) is 0 Å². The number of phenols is 1. The maximum Gasteiger partial charge on any atom is 0.347 e. The number of benzene rings is 1. The Balaban J connectivity index is 2.74. The summed E-state index contributed by atoms with van der Waals surface area (Å²) in [6.45, 7) is 0. The van der Waals surface area contributed by atoms with E-state index in [1.807, 2.05) is 0 Å². The fraction of sp³-hybridized carbons (Fsp3) is 0.0909. The van der Waals surface area contributed by atoms with Crippen molar-refractivity contribution in [2.75, 3.05) is 5.33 Å². The lowest BCUT2D eigenvalue weighted by Gasteiger charge is -2.00. The fourth-order valence-corrected chi connectivity index (χ4v) is 1.68. The first-order chi connectivity index (χ1) is 7.61. The van der Waals surface area contributed by atoms with Crippen LogP contribution in [0.3, 0.4) is 0 Å². The second-order valence-electron chi connectivity index (χ2n) is 3.23. The molecule has 2 rings (SSSR count). The predicted octanol–water partition coefficient (Wildman–Crippen LogP) is 2.08. The molecule has 0 amide bonds. The normalized spacial score (nSPS) is 10.6. The third-order valence-electron chi connectivity index (χ3n) is 2.14. The van der Waals surface area contributed by atoms with Gasteiger partial charge in [0, 0.05) is 5.39 Å². The van der Waals surface area contributed by atoms with Gasteiger partial charge in [0.25, 0.3) is 0 Å². The van der Waals surface area contributed by atoms with Gasteiger partial charge in [-0.2, -0.15) is 0 Å². The van der Waals surface area contributed by atoms with Crippen molar-refractivity contribution in [3.05, 3.63) is 40.2 Å². The second kappa shape index (κ2) is 4.09. The highest BCUT2D eigenvalue weighted by atomic mass is 79.9. The zero-order valence-electron chi connectivity index (χ0n) is 8.07. The standard InChI is InChI=1S/C11H7BrO4/c12-5-9(14)8-4-6-3-7(13)1-2-10(6)16-11(8)15/h1-4,13H,5H2. The van der Waals surface area contributed by atoms with Crippen LogP contribution in [0.1, 0.15) is 10.4 Å². The first kappa shape index (κ1) is 10.9. The van der Waals surface area contributed by atoms with Crippen LogP contribution in [0.2, 0.25) is 0 Å². The van der Waals surface area contributed by atoms with Crippen LogP contribution in [0.25, 0.3) is 11.0 Å². The molecule has 0 bridgehead atoms. The average Bonchev–Trinajstić information content (AvgIpc) is 2.28. The van der Waals surface area contributed by atoms with Gasteiger partial charge in [-0.3, -0.25) is 4.79 Å². The lowest BCUT2D eigenvalue weighted by Crippen LogP contribution is -2.14. The monoisotopic (exact) mass is 282 g/mol. The SMILES string of the molecule is O=C(CBr)c1cc2cc(O)ccc2oc1=O. The van der Waals surface area contributed by atoms with Crippen LogP contribution in [0.4, 0.5) is 0 Å². The highest BCUT2D eigenvalue weighted by Gasteiger charge is 2.12. The van der Waals surface area contributed by atoms with Gasteiger partial charge in [-0.05, 0) is 24.3 Å². The molecule has 16 heavy (non-hydrogen) atoms. The molecule has 5 heteroatoms. The summed E-state index contributed by atoms with van der Waals surface area (Å²) in [5.41, 5.74) is -0.341. The molecule has 0 spiro atoms. The topological polar surface area (TPSA) is 67.5 Å². The first-order valence-corrected chi connectivity index (χ1v) is 5.60. The predicted molar refractivity (Wildman–Crippen MR) is 62.3 cm³/mol. The molecular weight excluding hydrogens is 276 g/mol. The van der Waals surface area contributed by atoms with Gasteiger partial charge in [-0.25, -0.2) is 4.79 Å². The molecule has 82 valence electrons. The maximum absolute atomic E-state index is 11.4. The highest BCUT2D eigenvalue weighted by molar-refractivity contribution is 9.09. The molecule has 0 saturated carbocycles. The van der Waals surface area contributed by atoms with Crippen LogP contribution in [0.5, 0.6) is 5.75 Å². The summed E-state index contributed by atoms with van der Waals surface area (Å²) in [4.78, 5) is 22.8. The van der Waals surface area contributed by atoms with E-state index in [4.69, 9.17) is 4.42 Å². The molecule has 0 unspecified atom stereocenters. The Bertz CT molecular complexity index is 615. The smallest absolute Gasteiger partial charge is 0.347 e. The van der Waals surface area contributed by atoms with E-state index in [2.05, 4.69) is 15.9 Å². The van der Waals surface area contributed by atoms with Gasteiger partial charge < -0.3 is 9.52 Å². The number of carbonyl (C=O) groups is 1. The van der Waals surface area contributed by atoms with Crippen LogP contribution in [-0.2, 0) is 0 Å². The second-order valence-corrected chi connectivity index (χ2v) is 3.79. The summed E-state index contributed by atoms with van der Waals surface area (Å²) in [5.74, 6) is -0.294. The number of alkyl halides is 1. The van der Waals surface area contributed by atoms with E-state index in [1.165, 1.54) is 24.3 Å². The van der Waals surface area contributed by atoms with E-state index in [-0.39, 0.29) is 22.4 Å². The van der Waals surface area contributed by atoms with Gasteiger partial charge in [0.15, 0.2) is 5.78 Å². The van der Waals surface area contributed by atoms with E-state index >= 15 is 0 Å². The summed E-state index contributed by atoms with van der Waals surface area (Å²) in [7, 11) is 0. The van der Waals surface area contributed by atoms with Gasteiger partial charge >= 0.3 is 5.63 Å². The summed E-state index contributed by atoms with van der Waals surface area (Å²) >= 11 is 2.98. The van der Waals surface area contributed by atoms with Crippen molar-refractivity contribution in [2.45, 2.75) is 0 Å². The molecule has 0 aliphatic heterocycles. The van der Waals surface area contributed by atoms with Crippen molar-refractivity contribution in [2.24, 2.45) is 0 Å². The number of hydrogen-bond donors (Lipinski definition) is 1. The molecule has 0 saturated heterocycles. The quantitative estimate of drug-likeness (QED) is 0.520. The number of Topliss-reactive ketones (excluding diaryl/α,β-unsaturated/α-hetero) is 1. The average molecular weight is 283 g/mol. The van der Waals surface area contributed by atoms with Gasteiger partial charge in [0.1, 0.15) is 16.9 Å². The summed E-state index contributed by atoms with van der Waals surface area (Å²) in [6, 6.07) is 5.75. The van der Waals surface area contributed by atoms with Crippen LogP contribution in [0.15, 0.2) is 33.5 Å². The molecule has 0 aliphatic carbocycles. The van der Waals surface area contributed by atoms with E-state index < -0.39 is 5.63 Å². The van der Waals surface area contributed by atoms with Crippen molar-refractivity contribution < 1.29 is 14.3 Å². The van der Waals surface area contributed by atoms with Gasteiger partial charge in [0.05, 0.1) is 5.33 Å². The third kappa shape index (κ3) is 1.86. The zero-order chi connectivity index (χ0) is 11.7. The maximum atomic E-state index is 11.4. The van der Waals surface area contributed by atoms with Crippen molar-refractivity contribution >= 4 is 32.7 Å². The number of fused-ring (bicyclic) bond motifs is 1. The Hall–Kier alpha value is -1.62. The molecule has 1 heterocycles. The zero-order valence-corrected chi connectivity index (χ0v) is 9.65. The number of ketones is 1. The molecule has 4 nitrogen and oxygen atoms in total. The van der Waals surface area contributed by atoms with Crippen LogP contribution in [0, 0.1) is 0 Å². The Morgan fingerprint density at radius 3 is 2.81 bits per heavy atom. The lowest BCUT2D eigenvalue weighted by molar-refractivity contribution is 0.102. The number of aromatic hydroxyl groups is 1. The van der Waals surface area contributed by atoms with Gasteiger partial charge in [-0.15, -0.1) is 0 Å². The van der Waals surface area contributed by atoms with E-state index in [0.29, 0.717) is 11.0 Å². The van der Waals surface area contributed by atoms with Crippen LogP contribution in [-0.4, -0.2) is 16.2 Å². The van der Waals surface area contributed by atoms with Crippen LogP contribution >= 0.6 is 15.9 Å². The van der Waals surface area contributed by atoms with Crippen LogP contribution < -0.4 is 5.63 Å². The lowest BCUT2D eigenvalue weighted by atomic mass is 10.1. The molecule has 1 N–H and O–H groups in total. The molecule has 0 fully saturated rings. The molecule has 1 aromatic carbocycles. The summed E-state index contributed by atoms with van der Waals surface area (Å²) in [5, 5.41) is 9.85. The van der Waals surface area contributed by atoms with Gasteiger partial charge in [-0.1, -0.05) is 15.9 Å². The molecular formula is C11H7BrO4. The van der Waals surface area contributed by atoms with Crippen molar-refractivity contribution in [1.29, 1.82) is 0 Å². The Kier molecular flexibility index (Phi) is 2.78. The Morgan fingerprint density at radius 2 is 2.12 bits per heavy atom. The van der Waals surface area contributed by atoms with E-state index in [9.17, 15) is 14.7 Å². The third-order valence-corrected chi connectivity index (χ3v) is 2.65. The minimum Gasteiger partial charge on any atom is -0.508 e. The molecule has 1 aromatic heterocycles. The van der Waals surface area contributed by atoms with E-state index in [1.54, 1.807) is 0 Å². The fourth-order valence-electron chi connectivity index (χ4n) is 1.38. The number of carbonyl (C=O) groups excluding carboxylic acids is 1. The molecule has 0 atom stereocenters. The molecule has 0 radical (unpaired) electrons. The number of rotatable bonds is 2.